The normalized spacial score (nSPS) is 16.7. The lowest BCUT2D eigenvalue weighted by molar-refractivity contribution is 0.132. The summed E-state index contributed by atoms with van der Waals surface area (Å²) in [6, 6.07) is 6.00. The van der Waals surface area contributed by atoms with Crippen LogP contribution in [0.4, 0.5) is 25.4 Å². The predicted octanol–water partition coefficient (Wildman–Crippen LogP) is 1.95. The average molecular weight is 416 g/mol. The first-order chi connectivity index (χ1) is 14.5. The van der Waals surface area contributed by atoms with Gasteiger partial charge >= 0.3 is 12.2 Å². The number of nitrogens with zero attached hydrogens (tertiary/aromatic N) is 4. The van der Waals surface area contributed by atoms with Gasteiger partial charge in [0.05, 0.1) is 38.1 Å². The number of ether oxygens (including phenoxy) is 2. The summed E-state index contributed by atoms with van der Waals surface area (Å²) in [6.45, 7) is 0.645. The van der Waals surface area contributed by atoms with Gasteiger partial charge in [0.15, 0.2) is 5.82 Å². The summed E-state index contributed by atoms with van der Waals surface area (Å²) < 4.78 is 25.8. The minimum absolute atomic E-state index is 0.0875. The number of halogens is 1. The third kappa shape index (κ3) is 5.13. The molecule has 1 saturated heterocycles. The second-order valence-corrected chi connectivity index (χ2v) is 6.33. The van der Waals surface area contributed by atoms with Gasteiger partial charge in [-0.3, -0.25) is 14.6 Å². The van der Waals surface area contributed by atoms with Crippen molar-refractivity contribution in [1.29, 1.82) is 0 Å². The Morgan fingerprint density at radius 2 is 2.37 bits per heavy atom. The van der Waals surface area contributed by atoms with Crippen molar-refractivity contribution in [1.82, 2.24) is 15.1 Å². The predicted molar refractivity (Wildman–Crippen MR) is 107 cm³/mol. The Bertz CT molecular complexity index is 960. The maximum Gasteiger partial charge on any atom is 0.414 e. The number of carbonyl (C=O) groups is 2. The number of rotatable bonds is 7. The number of nitrogens with two attached hydrogens (primary N) is 1. The molecule has 2 amide bonds. The largest absolute Gasteiger partial charge is 0.453 e. The fraction of sp³-hybridized carbons (Fsp3) is 0.263. The third-order valence-electron chi connectivity index (χ3n) is 4.26. The van der Waals surface area contributed by atoms with Crippen molar-refractivity contribution in [2.45, 2.75) is 12.6 Å². The van der Waals surface area contributed by atoms with E-state index < -0.39 is 24.1 Å². The molecule has 2 heterocycles. The monoisotopic (exact) mass is 416 g/mol. The number of benzene rings is 1. The Morgan fingerprint density at radius 1 is 1.53 bits per heavy atom. The van der Waals surface area contributed by atoms with Gasteiger partial charge in [-0.15, -0.1) is 0 Å². The zero-order valence-corrected chi connectivity index (χ0v) is 16.2. The van der Waals surface area contributed by atoms with Gasteiger partial charge in [0.25, 0.3) is 0 Å². The van der Waals surface area contributed by atoms with Crippen molar-refractivity contribution in [3.63, 3.8) is 0 Å². The van der Waals surface area contributed by atoms with E-state index in [0.717, 1.165) is 0 Å². The van der Waals surface area contributed by atoms with Gasteiger partial charge < -0.3 is 20.5 Å². The Balaban J connectivity index is 1.64. The second kappa shape index (κ2) is 9.54. The van der Waals surface area contributed by atoms with Crippen molar-refractivity contribution in [2.24, 2.45) is 10.7 Å². The molecule has 0 aliphatic carbocycles. The maximum absolute atomic E-state index is 14.5. The van der Waals surface area contributed by atoms with E-state index in [1.54, 1.807) is 29.2 Å². The van der Waals surface area contributed by atoms with Gasteiger partial charge in [0.1, 0.15) is 6.10 Å². The maximum atomic E-state index is 14.5. The minimum atomic E-state index is -0.630. The molecule has 0 spiro atoms. The number of anilines is 1. The number of hydrogen-bond donors (Lipinski definition) is 2. The highest BCUT2D eigenvalue weighted by atomic mass is 19.1. The average Bonchev–Trinajstić information content (AvgIpc) is 3.39. The molecule has 2 aromatic rings. The van der Waals surface area contributed by atoms with Crippen LogP contribution in [0.25, 0.3) is 0 Å². The molecule has 1 aliphatic rings. The van der Waals surface area contributed by atoms with Crippen molar-refractivity contribution < 1.29 is 23.5 Å². The van der Waals surface area contributed by atoms with E-state index in [4.69, 9.17) is 10.5 Å². The van der Waals surface area contributed by atoms with Crippen LogP contribution in [-0.2, 0) is 16.0 Å². The first-order valence-corrected chi connectivity index (χ1v) is 9.02. The summed E-state index contributed by atoms with van der Waals surface area (Å²) in [5.74, 6) is -0.608. The smallest absolute Gasteiger partial charge is 0.414 e. The molecule has 1 aliphatic heterocycles. The lowest BCUT2D eigenvalue weighted by atomic mass is 10.2. The van der Waals surface area contributed by atoms with Crippen molar-refractivity contribution in [2.75, 3.05) is 25.1 Å². The van der Waals surface area contributed by atoms with Crippen molar-refractivity contribution in [3.05, 3.63) is 54.2 Å². The molecule has 3 rings (SSSR count). The van der Waals surface area contributed by atoms with Gasteiger partial charge in [0.2, 0.25) is 0 Å². The Kier molecular flexibility index (Phi) is 6.63. The SMILES string of the molecule is COC(=O)NCC1CN(c2ccc(N=C/C(=C\N)Cn3cccn3)c(F)c2)C(=O)O1. The Hall–Kier alpha value is -3.89. The van der Waals surface area contributed by atoms with Crippen LogP contribution in [0.15, 0.2) is 53.4 Å². The fourth-order valence-electron chi connectivity index (χ4n) is 2.75. The third-order valence-corrected chi connectivity index (χ3v) is 4.26. The van der Waals surface area contributed by atoms with Gasteiger partial charge in [-0.05, 0) is 24.3 Å². The zero-order valence-electron chi connectivity index (χ0n) is 16.2. The molecular weight excluding hydrogens is 395 g/mol. The van der Waals surface area contributed by atoms with Gasteiger partial charge in [-0.25, -0.2) is 14.0 Å². The lowest BCUT2D eigenvalue weighted by Gasteiger charge is -2.13. The molecule has 0 saturated carbocycles. The van der Waals surface area contributed by atoms with Crippen molar-refractivity contribution in [3.8, 4) is 0 Å². The Labute approximate surface area is 171 Å². The van der Waals surface area contributed by atoms with Crippen LogP contribution in [0.3, 0.4) is 0 Å². The topological polar surface area (TPSA) is 124 Å². The highest BCUT2D eigenvalue weighted by Crippen LogP contribution is 2.27. The molecule has 10 nitrogen and oxygen atoms in total. The van der Waals surface area contributed by atoms with Crippen LogP contribution < -0.4 is 16.0 Å². The number of carbonyl (C=O) groups excluding carboxylic acids is 2. The highest BCUT2D eigenvalue weighted by molar-refractivity contribution is 5.90. The van der Waals surface area contributed by atoms with E-state index in [2.05, 4.69) is 20.1 Å². The summed E-state index contributed by atoms with van der Waals surface area (Å²) in [4.78, 5) is 28.6. The highest BCUT2D eigenvalue weighted by Gasteiger charge is 2.32. The minimum Gasteiger partial charge on any atom is -0.453 e. The number of aliphatic imine (C=N–C) groups is 1. The standard InChI is InChI=1S/C19H21FN6O4/c1-29-18(27)23-10-15-12-26(19(28)30-15)14-3-4-17(16(20)7-14)22-9-13(8-21)11-25-6-2-5-24-25/h2-9,15H,10-12,21H2,1H3,(H,23,27)/b13-8+,22-9?. The van der Waals surface area contributed by atoms with Crippen LogP contribution in [0.1, 0.15) is 0 Å². The molecule has 1 atom stereocenters. The number of alkyl carbamates (subject to hydrolysis) is 1. The van der Waals surface area contributed by atoms with Crippen LogP contribution in [-0.4, -0.2) is 54.5 Å². The number of methoxy groups -OCH3 is 1. The first-order valence-electron chi connectivity index (χ1n) is 9.02. The molecule has 0 bridgehead atoms. The zero-order chi connectivity index (χ0) is 21.5. The quantitative estimate of drug-likeness (QED) is 0.665. The molecule has 30 heavy (non-hydrogen) atoms. The van der Waals surface area contributed by atoms with Gasteiger partial charge in [-0.1, -0.05) is 0 Å². The number of nitrogens with one attached hydrogen (secondary N) is 1. The van der Waals surface area contributed by atoms with Gasteiger partial charge in [-0.2, -0.15) is 5.10 Å². The summed E-state index contributed by atoms with van der Waals surface area (Å²) in [5.41, 5.74) is 6.66. The number of hydrogen-bond acceptors (Lipinski definition) is 7. The molecule has 1 aromatic heterocycles. The molecule has 0 radical (unpaired) electrons. The number of cyclic esters (lactones) is 1. The number of aromatic nitrogens is 2. The second-order valence-electron chi connectivity index (χ2n) is 6.33. The molecule has 1 aromatic carbocycles. The van der Waals surface area contributed by atoms with E-state index in [1.165, 1.54) is 36.6 Å². The van der Waals surface area contributed by atoms with E-state index >= 15 is 0 Å². The van der Waals surface area contributed by atoms with E-state index in [0.29, 0.717) is 17.8 Å². The molecule has 1 fully saturated rings. The van der Waals surface area contributed by atoms with Crippen molar-refractivity contribution >= 4 is 29.8 Å². The van der Waals surface area contributed by atoms with Crippen LogP contribution in [0, 0.1) is 5.82 Å². The van der Waals surface area contributed by atoms with Crippen LogP contribution >= 0.6 is 0 Å². The number of allylic oxidation sites excluding steroid dienone is 1. The molecule has 158 valence electrons. The van der Waals surface area contributed by atoms with E-state index in [1.807, 2.05) is 0 Å². The van der Waals surface area contributed by atoms with E-state index in [9.17, 15) is 14.0 Å². The summed E-state index contributed by atoms with van der Waals surface area (Å²) in [6.07, 6.45) is 4.42. The fourth-order valence-corrected chi connectivity index (χ4v) is 2.75. The lowest BCUT2D eigenvalue weighted by Crippen LogP contribution is -2.34. The molecular formula is C19H21FN6O4. The Morgan fingerprint density at radius 3 is 3.03 bits per heavy atom. The number of amides is 2. The summed E-state index contributed by atoms with van der Waals surface area (Å²) in [5, 5.41) is 6.53. The van der Waals surface area contributed by atoms with Gasteiger partial charge in [0, 0.05) is 30.4 Å². The molecule has 11 heteroatoms. The van der Waals surface area contributed by atoms with Crippen LogP contribution in [0.5, 0.6) is 0 Å². The summed E-state index contributed by atoms with van der Waals surface area (Å²) >= 11 is 0. The summed E-state index contributed by atoms with van der Waals surface area (Å²) in [7, 11) is 1.23. The molecule has 1 unspecified atom stereocenters. The van der Waals surface area contributed by atoms with Crippen LogP contribution in [0.2, 0.25) is 0 Å². The first kappa shape index (κ1) is 20.8. The molecule has 3 N–H and O–H groups in total. The van der Waals surface area contributed by atoms with E-state index in [-0.39, 0.29) is 18.8 Å².